The third-order valence-electron chi connectivity index (χ3n) is 3.28. The van der Waals surface area contributed by atoms with E-state index < -0.39 is 5.82 Å². The Morgan fingerprint density at radius 3 is 2.62 bits per heavy atom. The quantitative estimate of drug-likeness (QED) is 0.796. The van der Waals surface area contributed by atoms with E-state index in [2.05, 4.69) is 10.3 Å². The van der Waals surface area contributed by atoms with Gasteiger partial charge < -0.3 is 10.1 Å². The summed E-state index contributed by atoms with van der Waals surface area (Å²) in [5.41, 5.74) is 2.22. The van der Waals surface area contributed by atoms with E-state index >= 15 is 0 Å². The molecule has 0 fully saturated rings. The summed E-state index contributed by atoms with van der Waals surface area (Å²) in [5, 5.41) is 3.21. The summed E-state index contributed by atoms with van der Waals surface area (Å²) in [4.78, 5) is 4.53. The van der Waals surface area contributed by atoms with Gasteiger partial charge in [0.1, 0.15) is 5.52 Å². The van der Waals surface area contributed by atoms with Crippen molar-refractivity contribution in [3.8, 4) is 11.4 Å². The molecule has 4 nitrogen and oxygen atoms in total. The lowest BCUT2D eigenvalue weighted by Gasteiger charge is -2.11. The summed E-state index contributed by atoms with van der Waals surface area (Å²) in [7, 11) is 1.47. The molecule has 0 saturated carbocycles. The van der Waals surface area contributed by atoms with Crippen molar-refractivity contribution < 1.29 is 9.13 Å². The molecule has 1 N–H and O–H groups in total. The number of nitrogens with zero attached hydrogens (tertiary/aromatic N) is 2. The maximum absolute atomic E-state index is 14.0. The van der Waals surface area contributed by atoms with E-state index in [1.54, 1.807) is 6.07 Å². The number of para-hydroxylation sites is 1. The Morgan fingerprint density at radius 1 is 1.19 bits per heavy atom. The van der Waals surface area contributed by atoms with Crippen LogP contribution in [0.2, 0.25) is 0 Å². The Labute approximate surface area is 122 Å². The molecule has 0 spiro atoms. The molecule has 0 aliphatic carbocycles. The molecule has 0 radical (unpaired) electrons. The maximum Gasteiger partial charge on any atom is 0.208 e. The number of fused-ring (bicyclic) bond motifs is 1. The number of imidazole rings is 1. The van der Waals surface area contributed by atoms with Crippen molar-refractivity contribution in [2.75, 3.05) is 19.0 Å². The summed E-state index contributed by atoms with van der Waals surface area (Å²) < 4.78 is 21.1. The molecule has 3 rings (SSSR count). The van der Waals surface area contributed by atoms with Crippen molar-refractivity contribution in [3.63, 3.8) is 0 Å². The molecular weight excluding hydrogens is 269 g/mol. The van der Waals surface area contributed by atoms with Crippen molar-refractivity contribution >= 4 is 17.0 Å². The molecule has 0 bridgehead atoms. The first-order valence-electron chi connectivity index (χ1n) is 6.80. The number of halogens is 1. The summed E-state index contributed by atoms with van der Waals surface area (Å²) in [6.45, 7) is 2.72. The number of nitrogens with one attached hydrogen (secondary N) is 1. The second kappa shape index (κ2) is 5.44. The fourth-order valence-electron chi connectivity index (χ4n) is 2.41. The zero-order valence-electron chi connectivity index (χ0n) is 11.9. The number of hydrogen-bond donors (Lipinski definition) is 1. The predicted molar refractivity (Wildman–Crippen MR) is 81.7 cm³/mol. The van der Waals surface area contributed by atoms with E-state index in [4.69, 9.17) is 4.74 Å². The van der Waals surface area contributed by atoms with Crippen molar-refractivity contribution in [3.05, 3.63) is 48.3 Å². The van der Waals surface area contributed by atoms with Crippen molar-refractivity contribution in [2.45, 2.75) is 6.92 Å². The minimum Gasteiger partial charge on any atom is -0.491 e. The smallest absolute Gasteiger partial charge is 0.208 e. The highest BCUT2D eigenvalue weighted by Crippen LogP contribution is 2.33. The highest BCUT2D eigenvalue weighted by atomic mass is 19.1. The Hall–Kier alpha value is -2.56. The normalized spacial score (nSPS) is 10.8. The van der Waals surface area contributed by atoms with Crippen LogP contribution in [-0.2, 0) is 0 Å². The number of ether oxygens (including phenoxy) is 1. The van der Waals surface area contributed by atoms with Crippen LogP contribution in [0.1, 0.15) is 6.92 Å². The molecule has 108 valence electrons. The van der Waals surface area contributed by atoms with Crippen molar-refractivity contribution in [1.82, 2.24) is 9.55 Å². The fraction of sp³-hybridized carbons (Fsp3) is 0.188. The molecule has 5 heteroatoms. The average molecular weight is 285 g/mol. The summed E-state index contributed by atoms with van der Waals surface area (Å²) >= 11 is 0. The highest BCUT2D eigenvalue weighted by molar-refractivity contribution is 5.87. The Kier molecular flexibility index (Phi) is 3.48. The predicted octanol–water partition coefficient (Wildman–Crippen LogP) is 3.61. The van der Waals surface area contributed by atoms with Crippen LogP contribution in [0.25, 0.3) is 16.7 Å². The SMILES string of the molecule is CCNc1nc2ccc(F)c(OC)c2n1-c1ccccc1. The monoisotopic (exact) mass is 285 g/mol. The van der Waals surface area contributed by atoms with Crippen molar-refractivity contribution in [2.24, 2.45) is 0 Å². The lowest BCUT2D eigenvalue weighted by Crippen LogP contribution is -2.06. The van der Waals surface area contributed by atoms with E-state index in [0.717, 1.165) is 12.2 Å². The second-order valence-electron chi connectivity index (χ2n) is 4.59. The minimum atomic E-state index is -0.398. The molecule has 0 aliphatic heterocycles. The first-order chi connectivity index (χ1) is 10.3. The van der Waals surface area contributed by atoms with Gasteiger partial charge in [-0.3, -0.25) is 4.57 Å². The lowest BCUT2D eigenvalue weighted by atomic mass is 10.2. The lowest BCUT2D eigenvalue weighted by molar-refractivity contribution is 0.390. The topological polar surface area (TPSA) is 39.1 Å². The molecule has 0 aliphatic rings. The highest BCUT2D eigenvalue weighted by Gasteiger charge is 2.18. The van der Waals surface area contributed by atoms with E-state index in [9.17, 15) is 4.39 Å². The number of rotatable bonds is 4. The molecule has 1 heterocycles. The van der Waals surface area contributed by atoms with Crippen LogP contribution >= 0.6 is 0 Å². The molecule has 3 aromatic rings. The number of aromatic nitrogens is 2. The Bertz CT molecular complexity index is 768. The largest absolute Gasteiger partial charge is 0.491 e. The van der Waals surface area contributed by atoms with Gasteiger partial charge in [-0.15, -0.1) is 0 Å². The molecule has 21 heavy (non-hydrogen) atoms. The van der Waals surface area contributed by atoms with Crippen LogP contribution in [0, 0.1) is 5.82 Å². The standard InChI is InChI=1S/C16H16FN3O/c1-3-18-16-19-13-10-9-12(17)15(21-2)14(13)20(16)11-7-5-4-6-8-11/h4-10H,3H2,1-2H3,(H,18,19). The number of methoxy groups -OCH3 is 1. The first-order valence-corrected chi connectivity index (χ1v) is 6.80. The van der Waals surface area contributed by atoms with Gasteiger partial charge in [-0.2, -0.15) is 0 Å². The van der Waals surface area contributed by atoms with E-state index in [1.165, 1.54) is 13.2 Å². The Morgan fingerprint density at radius 2 is 1.95 bits per heavy atom. The van der Waals surface area contributed by atoms with E-state index in [0.29, 0.717) is 17.0 Å². The molecule has 2 aromatic carbocycles. The molecule has 0 unspecified atom stereocenters. The van der Waals surface area contributed by atoms with Gasteiger partial charge in [-0.25, -0.2) is 9.37 Å². The average Bonchev–Trinajstić information content (AvgIpc) is 2.87. The van der Waals surface area contributed by atoms with Crippen LogP contribution < -0.4 is 10.1 Å². The van der Waals surface area contributed by atoms with E-state index in [-0.39, 0.29) is 5.75 Å². The van der Waals surface area contributed by atoms with Gasteiger partial charge in [0, 0.05) is 12.2 Å². The summed E-state index contributed by atoms with van der Waals surface area (Å²) in [6.07, 6.45) is 0. The van der Waals surface area contributed by atoms with Crippen LogP contribution in [0.4, 0.5) is 10.3 Å². The van der Waals surface area contributed by atoms with Gasteiger partial charge in [0.15, 0.2) is 11.6 Å². The number of hydrogen-bond acceptors (Lipinski definition) is 3. The second-order valence-corrected chi connectivity index (χ2v) is 4.59. The van der Waals surface area contributed by atoms with Crippen LogP contribution in [0.15, 0.2) is 42.5 Å². The third kappa shape index (κ3) is 2.20. The third-order valence-corrected chi connectivity index (χ3v) is 3.28. The Balaban J connectivity index is 2.38. The van der Waals surface area contributed by atoms with Crippen LogP contribution in [-0.4, -0.2) is 23.2 Å². The summed E-state index contributed by atoms with van der Waals surface area (Å²) in [5.74, 6) is 0.473. The van der Waals surface area contributed by atoms with Gasteiger partial charge in [0.05, 0.1) is 12.6 Å². The minimum absolute atomic E-state index is 0.202. The van der Waals surface area contributed by atoms with Crippen LogP contribution in [0.5, 0.6) is 5.75 Å². The molecule has 1 aromatic heterocycles. The first kappa shape index (κ1) is 13.4. The van der Waals surface area contributed by atoms with Gasteiger partial charge >= 0.3 is 0 Å². The van der Waals surface area contributed by atoms with Crippen LogP contribution in [0.3, 0.4) is 0 Å². The summed E-state index contributed by atoms with van der Waals surface area (Å²) in [6, 6.07) is 12.7. The molecule has 0 saturated heterocycles. The zero-order chi connectivity index (χ0) is 14.8. The number of anilines is 1. The maximum atomic E-state index is 14.0. The van der Waals surface area contributed by atoms with Gasteiger partial charge in [-0.05, 0) is 31.2 Å². The van der Waals surface area contributed by atoms with E-state index in [1.807, 2.05) is 41.8 Å². The molecule has 0 atom stereocenters. The van der Waals surface area contributed by atoms with Crippen molar-refractivity contribution in [1.29, 1.82) is 0 Å². The van der Waals surface area contributed by atoms with Gasteiger partial charge in [0.25, 0.3) is 0 Å². The zero-order valence-corrected chi connectivity index (χ0v) is 11.9. The fourth-order valence-corrected chi connectivity index (χ4v) is 2.41. The van der Waals surface area contributed by atoms with Gasteiger partial charge in [-0.1, -0.05) is 18.2 Å². The molecular formula is C16H16FN3O. The molecule has 0 amide bonds. The van der Waals surface area contributed by atoms with Gasteiger partial charge in [0.2, 0.25) is 5.95 Å². The number of benzene rings is 2.